The van der Waals surface area contributed by atoms with Crippen LogP contribution in [0.25, 0.3) is 11.1 Å². The lowest BCUT2D eigenvalue weighted by molar-refractivity contribution is -0.384. The quantitative estimate of drug-likeness (QED) is 0.452. The van der Waals surface area contributed by atoms with Gasteiger partial charge in [-0.2, -0.15) is 5.10 Å². The van der Waals surface area contributed by atoms with Gasteiger partial charge in [-0.15, -0.1) is 0 Å². The second-order valence-electron chi connectivity index (χ2n) is 6.06. The normalized spacial score (nSPS) is 10.9. The van der Waals surface area contributed by atoms with Gasteiger partial charge in [0.25, 0.3) is 5.69 Å². The first-order valence-electron chi connectivity index (χ1n) is 8.11. The summed E-state index contributed by atoms with van der Waals surface area (Å²) in [6, 6.07) is 3.82. The van der Waals surface area contributed by atoms with Crippen molar-refractivity contribution >= 4 is 28.8 Å². The molecule has 29 heavy (non-hydrogen) atoms. The number of halogens is 4. The van der Waals surface area contributed by atoms with Gasteiger partial charge < -0.3 is 10.1 Å². The molecule has 2 aromatic carbocycles. The van der Waals surface area contributed by atoms with Crippen molar-refractivity contribution in [1.29, 1.82) is 0 Å². The van der Waals surface area contributed by atoms with Gasteiger partial charge >= 0.3 is 0 Å². The highest BCUT2D eigenvalue weighted by molar-refractivity contribution is 6.31. The molecular weight excluding hydrogens is 413 g/mol. The number of aryl methyl sites for hydroxylation is 2. The number of benzene rings is 2. The molecule has 0 amide bonds. The lowest BCUT2D eigenvalue weighted by Gasteiger charge is -2.13. The van der Waals surface area contributed by atoms with E-state index < -0.39 is 39.3 Å². The predicted octanol–water partition coefficient (Wildman–Crippen LogP) is 5.13. The number of nitrogens with zero attached hydrogens (tertiary/aromatic N) is 3. The number of rotatable bonds is 5. The van der Waals surface area contributed by atoms with Crippen LogP contribution in [-0.4, -0.2) is 21.8 Å². The van der Waals surface area contributed by atoms with E-state index in [2.05, 4.69) is 10.4 Å². The molecule has 0 atom stereocenters. The number of nitrogens with one attached hydrogen (secondary N) is 1. The number of hydrogen-bond donors (Lipinski definition) is 1. The number of aromatic nitrogens is 2. The van der Waals surface area contributed by atoms with Crippen LogP contribution in [0.5, 0.6) is 5.75 Å². The van der Waals surface area contributed by atoms with Crippen LogP contribution >= 0.6 is 11.6 Å². The van der Waals surface area contributed by atoms with E-state index in [1.165, 1.54) is 25.8 Å². The molecule has 0 aliphatic heterocycles. The SMILES string of the molecule is COc1cc(F)c(-c2c(C)nn(C)c2Nc2c(F)cc(Cl)cc2[N+](=O)[O-])c(F)c1. The molecule has 0 fully saturated rings. The number of methoxy groups -OCH3 is 1. The van der Waals surface area contributed by atoms with Crippen LogP contribution in [0.1, 0.15) is 5.69 Å². The van der Waals surface area contributed by atoms with Crippen molar-refractivity contribution in [3.63, 3.8) is 0 Å². The van der Waals surface area contributed by atoms with Crippen LogP contribution in [0.15, 0.2) is 24.3 Å². The molecule has 3 aromatic rings. The molecule has 1 N–H and O–H groups in total. The Morgan fingerprint density at radius 3 is 2.31 bits per heavy atom. The summed E-state index contributed by atoms with van der Waals surface area (Å²) >= 11 is 5.70. The summed E-state index contributed by atoms with van der Waals surface area (Å²) in [4.78, 5) is 10.5. The molecular formula is C18H14ClF3N4O3. The topological polar surface area (TPSA) is 82.2 Å². The van der Waals surface area contributed by atoms with Gasteiger partial charge in [-0.3, -0.25) is 14.8 Å². The van der Waals surface area contributed by atoms with Gasteiger partial charge in [-0.25, -0.2) is 13.2 Å². The number of hydrogen-bond acceptors (Lipinski definition) is 5. The summed E-state index contributed by atoms with van der Waals surface area (Å²) in [7, 11) is 2.70. The van der Waals surface area contributed by atoms with Crippen molar-refractivity contribution in [2.45, 2.75) is 6.92 Å². The maximum atomic E-state index is 14.6. The van der Waals surface area contributed by atoms with E-state index in [1.807, 2.05) is 0 Å². The molecule has 0 aliphatic rings. The fourth-order valence-electron chi connectivity index (χ4n) is 2.95. The standard InChI is InChI=1S/C18H14ClF3N4O3/c1-8-15(16-11(20)6-10(29-3)7-12(16)21)18(25(2)24-8)23-17-13(22)4-9(19)5-14(17)26(27)28/h4-7,23H,1-3H3. The highest BCUT2D eigenvalue weighted by atomic mass is 35.5. The fraction of sp³-hybridized carbons (Fsp3) is 0.167. The van der Waals surface area contributed by atoms with E-state index in [9.17, 15) is 23.3 Å². The Hall–Kier alpha value is -3.27. The van der Waals surface area contributed by atoms with Crippen LogP contribution < -0.4 is 10.1 Å². The van der Waals surface area contributed by atoms with Crippen molar-refractivity contribution in [1.82, 2.24) is 9.78 Å². The lowest BCUT2D eigenvalue weighted by Crippen LogP contribution is -2.05. The van der Waals surface area contributed by atoms with Gasteiger partial charge in [0.1, 0.15) is 23.2 Å². The van der Waals surface area contributed by atoms with E-state index in [0.717, 1.165) is 24.3 Å². The molecule has 152 valence electrons. The molecule has 0 unspecified atom stereocenters. The largest absolute Gasteiger partial charge is 0.497 e. The minimum Gasteiger partial charge on any atom is -0.497 e. The van der Waals surface area contributed by atoms with Crippen LogP contribution in [0.3, 0.4) is 0 Å². The summed E-state index contributed by atoms with van der Waals surface area (Å²) in [6.07, 6.45) is 0. The second-order valence-corrected chi connectivity index (χ2v) is 6.50. The molecule has 11 heteroatoms. The number of ether oxygens (including phenoxy) is 1. The highest BCUT2D eigenvalue weighted by Crippen LogP contribution is 2.40. The van der Waals surface area contributed by atoms with Gasteiger partial charge in [0.15, 0.2) is 11.5 Å². The summed E-state index contributed by atoms with van der Waals surface area (Å²) in [5.41, 5.74) is -1.40. The van der Waals surface area contributed by atoms with Crippen molar-refractivity contribution in [2.75, 3.05) is 12.4 Å². The first-order valence-corrected chi connectivity index (χ1v) is 8.49. The Kier molecular flexibility index (Phi) is 5.38. The van der Waals surface area contributed by atoms with Crippen molar-refractivity contribution in [2.24, 2.45) is 7.05 Å². The predicted molar refractivity (Wildman–Crippen MR) is 101 cm³/mol. The molecule has 0 saturated carbocycles. The zero-order chi connectivity index (χ0) is 21.5. The third kappa shape index (κ3) is 3.70. The Bertz CT molecular complexity index is 1110. The lowest BCUT2D eigenvalue weighted by atomic mass is 10.0. The maximum absolute atomic E-state index is 14.6. The van der Waals surface area contributed by atoms with Gasteiger partial charge in [0, 0.05) is 25.2 Å². The van der Waals surface area contributed by atoms with Crippen molar-refractivity contribution < 1.29 is 22.8 Å². The van der Waals surface area contributed by atoms with E-state index in [4.69, 9.17) is 16.3 Å². The third-order valence-corrected chi connectivity index (χ3v) is 4.42. The Morgan fingerprint density at radius 1 is 1.14 bits per heavy atom. The van der Waals surface area contributed by atoms with Crippen LogP contribution in [0.2, 0.25) is 5.02 Å². The average molecular weight is 427 g/mol. The monoisotopic (exact) mass is 426 g/mol. The summed E-state index contributed by atoms with van der Waals surface area (Å²) in [6.45, 7) is 1.50. The van der Waals surface area contributed by atoms with E-state index >= 15 is 0 Å². The first-order chi connectivity index (χ1) is 13.6. The minimum atomic E-state index is -1.01. The Morgan fingerprint density at radius 2 is 1.76 bits per heavy atom. The molecule has 7 nitrogen and oxygen atoms in total. The van der Waals surface area contributed by atoms with Gasteiger partial charge in [0.05, 0.1) is 33.9 Å². The van der Waals surface area contributed by atoms with E-state index in [0.29, 0.717) is 0 Å². The first kappa shape index (κ1) is 20.5. The number of nitro groups is 1. The average Bonchev–Trinajstić information content (AvgIpc) is 2.89. The Balaban J connectivity index is 2.23. The van der Waals surface area contributed by atoms with Crippen LogP contribution in [0.4, 0.5) is 30.4 Å². The molecule has 1 aromatic heterocycles. The highest BCUT2D eigenvalue weighted by Gasteiger charge is 2.27. The molecule has 0 spiro atoms. The van der Waals surface area contributed by atoms with Gasteiger partial charge in [0.2, 0.25) is 0 Å². The fourth-order valence-corrected chi connectivity index (χ4v) is 3.15. The smallest absolute Gasteiger partial charge is 0.297 e. The number of anilines is 2. The second kappa shape index (κ2) is 7.63. The molecule has 0 radical (unpaired) electrons. The molecule has 0 bridgehead atoms. The maximum Gasteiger partial charge on any atom is 0.297 e. The van der Waals surface area contributed by atoms with E-state index in [-0.39, 0.29) is 27.8 Å². The minimum absolute atomic E-state index is 0.0196. The summed E-state index contributed by atoms with van der Waals surface area (Å²) < 4.78 is 49.8. The molecule has 1 heterocycles. The summed E-state index contributed by atoms with van der Waals surface area (Å²) in [5, 5.41) is 17.8. The Labute approximate surface area is 167 Å². The third-order valence-electron chi connectivity index (χ3n) is 4.20. The molecule has 0 aliphatic carbocycles. The van der Waals surface area contributed by atoms with E-state index in [1.54, 1.807) is 0 Å². The van der Waals surface area contributed by atoms with Crippen molar-refractivity contribution in [3.8, 4) is 16.9 Å². The van der Waals surface area contributed by atoms with Gasteiger partial charge in [-0.05, 0) is 13.0 Å². The zero-order valence-corrected chi connectivity index (χ0v) is 16.1. The van der Waals surface area contributed by atoms with Crippen LogP contribution in [0, 0.1) is 34.5 Å². The molecule has 0 saturated heterocycles. The summed E-state index contributed by atoms with van der Waals surface area (Å²) in [5.74, 6) is -2.96. The molecule has 3 rings (SSSR count). The zero-order valence-electron chi connectivity index (χ0n) is 15.4. The van der Waals surface area contributed by atoms with Crippen molar-refractivity contribution in [3.05, 3.63) is 62.5 Å². The van der Waals surface area contributed by atoms with Crippen LogP contribution in [-0.2, 0) is 7.05 Å². The number of nitro benzene ring substituents is 1. The van der Waals surface area contributed by atoms with Gasteiger partial charge in [-0.1, -0.05) is 11.6 Å².